The van der Waals surface area contributed by atoms with Crippen molar-refractivity contribution in [2.24, 2.45) is 0 Å². The van der Waals surface area contributed by atoms with E-state index in [-0.39, 0.29) is 22.8 Å². The number of rotatable bonds is 4. The summed E-state index contributed by atoms with van der Waals surface area (Å²) in [5, 5.41) is 69.3. The minimum Gasteiger partial charge on any atom is -0.508 e. The Morgan fingerprint density at radius 3 is 1.93 bits per heavy atom. The van der Waals surface area contributed by atoms with Gasteiger partial charge in [0.15, 0.2) is 0 Å². The number of hydrogen-bond acceptors (Lipinski definition) is 8. The highest BCUT2D eigenvalue weighted by molar-refractivity contribution is 5.72. The molecule has 0 spiro atoms. The summed E-state index contributed by atoms with van der Waals surface area (Å²) in [7, 11) is 0. The highest BCUT2D eigenvalue weighted by Crippen LogP contribution is 2.42. The number of benzene rings is 2. The number of aromatic hydroxyl groups is 3. The summed E-state index contributed by atoms with van der Waals surface area (Å²) in [6, 6.07) is 9.11. The molecule has 1 saturated heterocycles. The number of hydrogen-bond donors (Lipinski definition) is 7. The fourth-order valence-corrected chi connectivity index (χ4v) is 3.15. The number of ether oxygens (including phenoxy) is 1. The standard InChI is InChI=1S/C20H22O8/c21-9-15-17(25)18(26)19(27)20(28-15)16-13(23)7-11(8-14(16)24)2-1-10-3-5-12(22)6-4-10/h1-8,15,17-27H,9H2. The highest BCUT2D eigenvalue weighted by Gasteiger charge is 2.45. The molecule has 0 bridgehead atoms. The predicted octanol–water partition coefficient (Wildman–Crippen LogP) is 0.489. The van der Waals surface area contributed by atoms with Crippen molar-refractivity contribution < 1.29 is 40.5 Å². The lowest BCUT2D eigenvalue weighted by Gasteiger charge is -2.40. The van der Waals surface area contributed by atoms with Gasteiger partial charge in [0.05, 0.1) is 12.2 Å². The van der Waals surface area contributed by atoms with Gasteiger partial charge in [-0.05, 0) is 35.4 Å². The van der Waals surface area contributed by atoms with Gasteiger partial charge >= 0.3 is 0 Å². The van der Waals surface area contributed by atoms with Crippen LogP contribution in [0.15, 0.2) is 36.4 Å². The van der Waals surface area contributed by atoms with E-state index in [1.54, 1.807) is 24.3 Å². The lowest BCUT2D eigenvalue weighted by atomic mass is 9.90. The maximum Gasteiger partial charge on any atom is 0.125 e. The monoisotopic (exact) mass is 390 g/mol. The van der Waals surface area contributed by atoms with Gasteiger partial charge in [-0.3, -0.25) is 0 Å². The van der Waals surface area contributed by atoms with Crippen molar-refractivity contribution in [2.75, 3.05) is 6.61 Å². The second-order valence-corrected chi connectivity index (χ2v) is 6.65. The van der Waals surface area contributed by atoms with Crippen molar-refractivity contribution in [3.05, 3.63) is 53.1 Å². The number of phenols is 3. The molecule has 0 radical (unpaired) electrons. The fourth-order valence-electron chi connectivity index (χ4n) is 3.15. The Morgan fingerprint density at radius 1 is 0.786 bits per heavy atom. The van der Waals surface area contributed by atoms with Crippen LogP contribution in [0.5, 0.6) is 17.2 Å². The summed E-state index contributed by atoms with van der Waals surface area (Å²) < 4.78 is 5.39. The van der Waals surface area contributed by atoms with Gasteiger partial charge in [-0.15, -0.1) is 0 Å². The van der Waals surface area contributed by atoms with Gasteiger partial charge in [0.2, 0.25) is 0 Å². The largest absolute Gasteiger partial charge is 0.508 e. The van der Waals surface area contributed by atoms with E-state index in [4.69, 9.17) is 4.74 Å². The van der Waals surface area contributed by atoms with Crippen LogP contribution in [0.2, 0.25) is 0 Å². The minimum absolute atomic E-state index is 0.135. The molecule has 8 nitrogen and oxygen atoms in total. The molecule has 7 N–H and O–H groups in total. The molecule has 2 aromatic rings. The molecule has 28 heavy (non-hydrogen) atoms. The smallest absolute Gasteiger partial charge is 0.125 e. The Hall–Kier alpha value is -2.62. The summed E-state index contributed by atoms with van der Waals surface area (Å²) in [6.45, 7) is -0.615. The third-order valence-corrected chi connectivity index (χ3v) is 4.70. The zero-order valence-electron chi connectivity index (χ0n) is 14.8. The molecule has 1 heterocycles. The normalized spacial score (nSPS) is 27.9. The third-order valence-electron chi connectivity index (χ3n) is 4.70. The van der Waals surface area contributed by atoms with Crippen LogP contribution in [0.25, 0.3) is 12.2 Å². The van der Waals surface area contributed by atoms with Crippen LogP contribution in [0.1, 0.15) is 22.8 Å². The van der Waals surface area contributed by atoms with E-state index in [0.717, 1.165) is 5.56 Å². The van der Waals surface area contributed by atoms with Crippen molar-refractivity contribution in [3.8, 4) is 17.2 Å². The van der Waals surface area contributed by atoms with Crippen molar-refractivity contribution in [2.45, 2.75) is 30.5 Å². The third kappa shape index (κ3) is 3.96. The molecule has 150 valence electrons. The average molecular weight is 390 g/mol. The van der Waals surface area contributed by atoms with Gasteiger partial charge in [-0.25, -0.2) is 0 Å². The molecular weight excluding hydrogens is 368 g/mol. The zero-order chi connectivity index (χ0) is 20.4. The summed E-state index contributed by atoms with van der Waals surface area (Å²) >= 11 is 0. The molecule has 2 aromatic carbocycles. The molecule has 0 amide bonds. The van der Waals surface area contributed by atoms with Gasteiger partial charge < -0.3 is 40.5 Å². The quantitative estimate of drug-likeness (QED) is 0.373. The second kappa shape index (κ2) is 8.17. The first kappa shape index (κ1) is 20.1. The highest BCUT2D eigenvalue weighted by atomic mass is 16.5. The Balaban J connectivity index is 1.88. The van der Waals surface area contributed by atoms with E-state index < -0.39 is 37.1 Å². The fraction of sp³-hybridized carbons (Fsp3) is 0.300. The summed E-state index contributed by atoms with van der Waals surface area (Å²) in [6.07, 6.45) is -3.93. The van der Waals surface area contributed by atoms with E-state index in [0.29, 0.717) is 5.56 Å². The van der Waals surface area contributed by atoms with E-state index in [1.807, 2.05) is 0 Å². The first-order valence-electron chi connectivity index (χ1n) is 8.65. The van der Waals surface area contributed by atoms with Crippen LogP contribution in [-0.2, 0) is 4.74 Å². The Kier molecular flexibility index (Phi) is 5.87. The first-order valence-corrected chi connectivity index (χ1v) is 8.65. The van der Waals surface area contributed by atoms with Gasteiger partial charge in [0.25, 0.3) is 0 Å². The van der Waals surface area contributed by atoms with Crippen molar-refractivity contribution in [3.63, 3.8) is 0 Å². The molecule has 0 saturated carbocycles. The van der Waals surface area contributed by atoms with Crippen molar-refractivity contribution in [1.82, 2.24) is 0 Å². The van der Waals surface area contributed by atoms with Crippen LogP contribution < -0.4 is 0 Å². The van der Waals surface area contributed by atoms with E-state index in [2.05, 4.69) is 0 Å². The second-order valence-electron chi connectivity index (χ2n) is 6.65. The van der Waals surface area contributed by atoms with Gasteiger partial charge in [0.1, 0.15) is 47.8 Å². The molecule has 3 rings (SSSR count). The molecule has 0 aromatic heterocycles. The zero-order valence-corrected chi connectivity index (χ0v) is 14.8. The van der Waals surface area contributed by atoms with Crippen LogP contribution in [0.3, 0.4) is 0 Å². The summed E-state index contributed by atoms with van der Waals surface area (Å²) in [5.41, 5.74) is 1.09. The Bertz CT molecular complexity index is 823. The minimum atomic E-state index is -1.62. The van der Waals surface area contributed by atoms with Gasteiger partial charge in [0, 0.05) is 0 Å². The maximum atomic E-state index is 10.4. The number of aliphatic hydroxyl groups is 4. The van der Waals surface area contributed by atoms with Crippen molar-refractivity contribution in [1.29, 1.82) is 0 Å². The average Bonchev–Trinajstić information content (AvgIpc) is 2.67. The Morgan fingerprint density at radius 2 is 1.36 bits per heavy atom. The molecule has 1 aliphatic heterocycles. The lowest BCUT2D eigenvalue weighted by Crippen LogP contribution is -2.55. The van der Waals surface area contributed by atoms with Crippen LogP contribution >= 0.6 is 0 Å². The molecule has 1 aliphatic rings. The summed E-state index contributed by atoms with van der Waals surface area (Å²) in [5.74, 6) is -0.624. The molecule has 0 aliphatic carbocycles. The number of aliphatic hydroxyl groups excluding tert-OH is 4. The van der Waals surface area contributed by atoms with E-state index in [9.17, 15) is 35.7 Å². The van der Waals surface area contributed by atoms with Gasteiger partial charge in [-0.2, -0.15) is 0 Å². The van der Waals surface area contributed by atoms with E-state index in [1.165, 1.54) is 24.3 Å². The molecule has 1 fully saturated rings. The maximum absolute atomic E-state index is 10.4. The van der Waals surface area contributed by atoms with Crippen molar-refractivity contribution >= 4 is 12.2 Å². The number of phenolic OH excluding ortho intramolecular Hbond substituents is 3. The van der Waals surface area contributed by atoms with Crippen LogP contribution in [0, 0.1) is 0 Å². The summed E-state index contributed by atoms with van der Waals surface area (Å²) in [4.78, 5) is 0. The van der Waals surface area contributed by atoms with Crippen LogP contribution in [-0.4, -0.2) is 66.8 Å². The van der Waals surface area contributed by atoms with Gasteiger partial charge in [-0.1, -0.05) is 24.3 Å². The SMILES string of the molecule is OCC1OC(c2c(O)cc(C=Cc3ccc(O)cc3)cc2O)C(O)C(O)C1O. The van der Waals surface area contributed by atoms with E-state index >= 15 is 0 Å². The molecule has 5 unspecified atom stereocenters. The lowest BCUT2D eigenvalue weighted by molar-refractivity contribution is -0.232. The van der Waals surface area contributed by atoms with Crippen LogP contribution in [0.4, 0.5) is 0 Å². The topological polar surface area (TPSA) is 151 Å². The first-order chi connectivity index (χ1) is 13.3. The molecular formula is C20H22O8. The molecule has 8 heteroatoms. The Labute approximate surface area is 160 Å². The molecule has 5 atom stereocenters. The predicted molar refractivity (Wildman–Crippen MR) is 99.5 cm³/mol.